The smallest absolute Gasteiger partial charge is 0.258 e. The second-order valence-corrected chi connectivity index (χ2v) is 8.22. The number of nitrogens with two attached hydrogens (primary N) is 1. The molecule has 1 amide bonds. The zero-order valence-electron chi connectivity index (χ0n) is 14.1. The summed E-state index contributed by atoms with van der Waals surface area (Å²) in [5, 5.41) is 8.19. The van der Waals surface area contributed by atoms with Gasteiger partial charge in [-0.3, -0.25) is 14.2 Å². The first-order valence-electron chi connectivity index (χ1n) is 7.89. The Morgan fingerprint density at radius 3 is 2.62 bits per heavy atom. The fraction of sp³-hybridized carbons (Fsp3) is 0.312. The molecular weight excluding hydrogens is 376 g/mol. The molecule has 0 spiro atoms. The summed E-state index contributed by atoms with van der Waals surface area (Å²) in [6, 6.07) is 5.50. The number of thioether (sulfide) groups is 1. The van der Waals surface area contributed by atoms with E-state index in [0.29, 0.717) is 22.8 Å². The van der Waals surface area contributed by atoms with Crippen LogP contribution < -0.4 is 16.0 Å². The van der Waals surface area contributed by atoms with E-state index in [9.17, 15) is 18.0 Å². The highest BCUT2D eigenvalue weighted by Gasteiger charge is 2.21. The molecule has 3 N–H and O–H groups in total. The number of nitrogens with zero attached hydrogens (tertiary/aromatic N) is 2. The molecule has 0 radical (unpaired) electrons. The number of fused-ring (bicyclic) bond motifs is 1. The molecule has 2 aromatic rings. The van der Waals surface area contributed by atoms with Gasteiger partial charge >= 0.3 is 0 Å². The number of primary sulfonamides is 1. The number of amides is 1. The predicted octanol–water partition coefficient (Wildman–Crippen LogP) is 0.740. The van der Waals surface area contributed by atoms with Crippen molar-refractivity contribution in [3.05, 3.63) is 45.9 Å². The maximum Gasteiger partial charge on any atom is 0.258 e. The van der Waals surface area contributed by atoms with Crippen LogP contribution in [0.25, 0.3) is 0 Å². The molecule has 0 aliphatic heterocycles. The number of carbonyl (C=O) groups excluding carboxylic acids is 1. The van der Waals surface area contributed by atoms with Crippen LogP contribution in [0.15, 0.2) is 39.1 Å². The molecule has 1 aliphatic carbocycles. The Kier molecular flexibility index (Phi) is 5.17. The van der Waals surface area contributed by atoms with Crippen molar-refractivity contribution in [2.45, 2.75) is 35.9 Å². The lowest BCUT2D eigenvalue weighted by molar-refractivity contribution is -0.116. The van der Waals surface area contributed by atoms with E-state index in [4.69, 9.17) is 5.14 Å². The summed E-state index contributed by atoms with van der Waals surface area (Å²) in [5.41, 5.74) is 1.76. The van der Waals surface area contributed by atoms with Crippen LogP contribution in [-0.4, -0.2) is 30.1 Å². The van der Waals surface area contributed by atoms with Gasteiger partial charge in [-0.05, 0) is 49.8 Å². The van der Waals surface area contributed by atoms with E-state index >= 15 is 0 Å². The van der Waals surface area contributed by atoms with Gasteiger partial charge in [-0.25, -0.2) is 18.5 Å². The van der Waals surface area contributed by atoms with Crippen LogP contribution in [0.4, 0.5) is 5.69 Å². The van der Waals surface area contributed by atoms with Gasteiger partial charge in [0.25, 0.3) is 5.56 Å². The van der Waals surface area contributed by atoms with Crippen LogP contribution in [-0.2, 0) is 34.2 Å². The van der Waals surface area contributed by atoms with Gasteiger partial charge in [0.05, 0.1) is 10.6 Å². The molecule has 0 bridgehead atoms. The fourth-order valence-corrected chi connectivity index (χ4v) is 3.96. The standard InChI is InChI=1S/C16H18N4O4S2/c1-25-16-19-13-4-2-3-12(13)15(22)20(16)9-14(21)18-10-5-7-11(8-6-10)26(17,23)24/h5-8H,2-4,9H2,1H3,(H,18,21)(H2,17,23,24). The normalized spacial score (nSPS) is 13.5. The highest BCUT2D eigenvalue weighted by Crippen LogP contribution is 2.20. The number of hydrogen-bond donors (Lipinski definition) is 2. The first kappa shape index (κ1) is 18.6. The molecule has 26 heavy (non-hydrogen) atoms. The zero-order chi connectivity index (χ0) is 18.9. The van der Waals surface area contributed by atoms with Crippen LogP contribution in [0, 0.1) is 0 Å². The number of aromatic nitrogens is 2. The van der Waals surface area contributed by atoms with Crippen molar-refractivity contribution in [3.8, 4) is 0 Å². The minimum Gasteiger partial charge on any atom is -0.325 e. The van der Waals surface area contributed by atoms with Crippen molar-refractivity contribution in [2.75, 3.05) is 11.6 Å². The van der Waals surface area contributed by atoms with Crippen molar-refractivity contribution in [3.63, 3.8) is 0 Å². The average Bonchev–Trinajstić information content (AvgIpc) is 3.05. The van der Waals surface area contributed by atoms with Gasteiger partial charge in [-0.15, -0.1) is 0 Å². The summed E-state index contributed by atoms with van der Waals surface area (Å²) in [6.07, 6.45) is 4.19. The van der Waals surface area contributed by atoms with E-state index in [1.807, 2.05) is 6.26 Å². The van der Waals surface area contributed by atoms with Crippen LogP contribution in [0.1, 0.15) is 17.7 Å². The van der Waals surface area contributed by atoms with Crippen molar-refractivity contribution in [1.29, 1.82) is 0 Å². The average molecular weight is 394 g/mol. The van der Waals surface area contributed by atoms with Crippen LogP contribution in [0.3, 0.4) is 0 Å². The highest BCUT2D eigenvalue weighted by molar-refractivity contribution is 7.98. The zero-order valence-corrected chi connectivity index (χ0v) is 15.7. The minimum atomic E-state index is -3.79. The van der Waals surface area contributed by atoms with Gasteiger partial charge in [-0.1, -0.05) is 11.8 Å². The second-order valence-electron chi connectivity index (χ2n) is 5.89. The van der Waals surface area contributed by atoms with Crippen LogP contribution in [0.5, 0.6) is 0 Å². The summed E-state index contributed by atoms with van der Waals surface area (Å²) in [6.45, 7) is -0.160. The molecule has 0 fully saturated rings. The van der Waals surface area contributed by atoms with E-state index in [-0.39, 0.29) is 17.0 Å². The Morgan fingerprint density at radius 2 is 2.00 bits per heavy atom. The Bertz CT molecular complexity index is 1010. The molecule has 1 heterocycles. The fourth-order valence-electron chi connectivity index (χ4n) is 2.87. The van der Waals surface area contributed by atoms with Crippen LogP contribution in [0.2, 0.25) is 0 Å². The van der Waals surface area contributed by atoms with Crippen molar-refractivity contribution < 1.29 is 13.2 Å². The van der Waals surface area contributed by atoms with E-state index < -0.39 is 15.9 Å². The lowest BCUT2D eigenvalue weighted by atomic mass is 10.2. The molecule has 0 unspecified atom stereocenters. The Labute approximate surface area is 154 Å². The molecule has 0 atom stereocenters. The van der Waals surface area contributed by atoms with Gasteiger partial charge in [0, 0.05) is 11.3 Å². The maximum atomic E-state index is 12.6. The summed E-state index contributed by atoms with van der Waals surface area (Å²) < 4.78 is 23.9. The van der Waals surface area contributed by atoms with Gasteiger partial charge in [0.2, 0.25) is 15.9 Å². The number of carbonyl (C=O) groups is 1. The molecule has 0 saturated heterocycles. The molecule has 10 heteroatoms. The molecule has 3 rings (SSSR count). The molecule has 1 aliphatic rings. The van der Waals surface area contributed by atoms with Crippen LogP contribution >= 0.6 is 11.8 Å². The molecule has 1 aromatic carbocycles. The number of rotatable bonds is 5. The number of nitrogens with one attached hydrogen (secondary N) is 1. The third-order valence-corrected chi connectivity index (χ3v) is 5.71. The van der Waals surface area contributed by atoms with Gasteiger partial charge in [0.15, 0.2) is 5.16 Å². The monoisotopic (exact) mass is 394 g/mol. The first-order chi connectivity index (χ1) is 12.3. The predicted molar refractivity (Wildman–Crippen MR) is 98.7 cm³/mol. The third-order valence-electron chi connectivity index (χ3n) is 4.10. The summed E-state index contributed by atoms with van der Waals surface area (Å²) in [4.78, 5) is 29.4. The molecular formula is C16H18N4O4S2. The number of hydrogen-bond acceptors (Lipinski definition) is 6. The lowest BCUT2D eigenvalue weighted by Crippen LogP contribution is -2.32. The summed E-state index contributed by atoms with van der Waals surface area (Å²) in [7, 11) is -3.79. The molecule has 1 aromatic heterocycles. The summed E-state index contributed by atoms with van der Waals surface area (Å²) >= 11 is 1.32. The largest absolute Gasteiger partial charge is 0.325 e. The minimum absolute atomic E-state index is 0.0424. The van der Waals surface area contributed by atoms with Crippen molar-refractivity contribution >= 4 is 33.4 Å². The topological polar surface area (TPSA) is 124 Å². The number of sulfonamides is 1. The third kappa shape index (κ3) is 3.81. The molecule has 138 valence electrons. The maximum absolute atomic E-state index is 12.6. The summed E-state index contributed by atoms with van der Waals surface area (Å²) in [5.74, 6) is -0.398. The SMILES string of the molecule is CSc1nc2c(c(=O)n1CC(=O)Nc1ccc(S(N)(=O)=O)cc1)CCC2. The Hall–Kier alpha value is -2.17. The van der Waals surface area contributed by atoms with E-state index in [1.165, 1.54) is 40.6 Å². The lowest BCUT2D eigenvalue weighted by Gasteiger charge is -2.13. The highest BCUT2D eigenvalue weighted by atomic mass is 32.2. The van der Waals surface area contributed by atoms with E-state index in [2.05, 4.69) is 10.3 Å². The first-order valence-corrected chi connectivity index (χ1v) is 10.7. The molecule has 8 nitrogen and oxygen atoms in total. The quantitative estimate of drug-likeness (QED) is 0.569. The Balaban J connectivity index is 1.80. The van der Waals surface area contributed by atoms with Crippen molar-refractivity contribution in [1.82, 2.24) is 9.55 Å². The second kappa shape index (κ2) is 7.22. The number of aryl methyl sites for hydroxylation is 1. The number of benzene rings is 1. The van der Waals surface area contributed by atoms with Gasteiger partial charge < -0.3 is 5.32 Å². The van der Waals surface area contributed by atoms with Gasteiger partial charge in [-0.2, -0.15) is 0 Å². The number of anilines is 1. The van der Waals surface area contributed by atoms with Gasteiger partial charge in [0.1, 0.15) is 6.54 Å². The van der Waals surface area contributed by atoms with E-state index in [0.717, 1.165) is 18.5 Å². The Morgan fingerprint density at radius 1 is 1.31 bits per heavy atom. The van der Waals surface area contributed by atoms with Crippen molar-refractivity contribution in [2.24, 2.45) is 5.14 Å². The van der Waals surface area contributed by atoms with E-state index in [1.54, 1.807) is 0 Å². The molecule has 0 saturated carbocycles.